The Hall–Kier alpha value is -1.74. The molecular weight excluding hydrogens is 369 g/mol. The topological polar surface area (TPSA) is 82.2 Å². The van der Waals surface area contributed by atoms with E-state index < -0.39 is 16.2 Å². The van der Waals surface area contributed by atoms with Crippen molar-refractivity contribution in [2.24, 2.45) is 5.92 Å². The largest absolute Gasteiger partial charge is 0.356 e. The van der Waals surface area contributed by atoms with Crippen LogP contribution in [0.3, 0.4) is 0 Å². The van der Waals surface area contributed by atoms with Crippen molar-refractivity contribution in [2.75, 3.05) is 30.8 Å². The van der Waals surface area contributed by atoms with Crippen molar-refractivity contribution in [1.82, 2.24) is 19.3 Å². The van der Waals surface area contributed by atoms with E-state index in [0.717, 1.165) is 42.5 Å². The molecular formula is C18H26FN5O2S. The number of hydrogen-bond acceptors (Lipinski definition) is 5. The number of rotatable bonds is 5. The highest BCUT2D eigenvalue weighted by Crippen LogP contribution is 2.32. The van der Waals surface area contributed by atoms with Crippen molar-refractivity contribution < 1.29 is 12.8 Å². The quantitative estimate of drug-likeness (QED) is 0.840. The second kappa shape index (κ2) is 7.35. The summed E-state index contributed by atoms with van der Waals surface area (Å²) in [6.45, 7) is 0.350. The van der Waals surface area contributed by atoms with E-state index in [1.54, 1.807) is 6.33 Å². The number of aromatic nitrogens is 3. The predicted molar refractivity (Wildman–Crippen MR) is 103 cm³/mol. The fourth-order valence-corrected chi connectivity index (χ4v) is 6.27. The molecule has 1 aliphatic heterocycles. The van der Waals surface area contributed by atoms with Crippen molar-refractivity contribution in [1.29, 1.82) is 0 Å². The lowest BCUT2D eigenvalue weighted by atomic mass is 9.86. The molecule has 1 aliphatic carbocycles. The minimum atomic E-state index is -3.35. The van der Waals surface area contributed by atoms with Crippen LogP contribution < -0.4 is 4.90 Å². The first-order valence-electron chi connectivity index (χ1n) is 9.57. The Balaban J connectivity index is 1.37. The van der Waals surface area contributed by atoms with E-state index in [9.17, 15) is 12.8 Å². The highest BCUT2D eigenvalue weighted by molar-refractivity contribution is 7.89. The summed E-state index contributed by atoms with van der Waals surface area (Å²) in [7, 11) is -1.30. The number of fused-ring (bicyclic) bond motifs is 1. The highest BCUT2D eigenvalue weighted by atomic mass is 32.2. The van der Waals surface area contributed by atoms with E-state index in [1.165, 1.54) is 4.31 Å². The first kappa shape index (κ1) is 18.6. The van der Waals surface area contributed by atoms with Crippen LogP contribution in [-0.4, -0.2) is 65.8 Å². The molecule has 1 saturated carbocycles. The summed E-state index contributed by atoms with van der Waals surface area (Å²) >= 11 is 0. The Kier molecular flexibility index (Phi) is 5.07. The number of sulfonamides is 1. The molecule has 27 heavy (non-hydrogen) atoms. The fourth-order valence-electron chi connectivity index (χ4n) is 4.36. The number of anilines is 1. The lowest BCUT2D eigenvalue weighted by molar-refractivity contribution is 0.328. The number of alkyl halides is 1. The monoisotopic (exact) mass is 395 g/mol. The lowest BCUT2D eigenvalue weighted by Gasteiger charge is -2.35. The van der Waals surface area contributed by atoms with Crippen molar-refractivity contribution in [2.45, 2.75) is 44.3 Å². The molecule has 0 radical (unpaired) electrons. The van der Waals surface area contributed by atoms with Crippen LogP contribution in [0.5, 0.6) is 0 Å². The van der Waals surface area contributed by atoms with Gasteiger partial charge in [-0.05, 0) is 44.1 Å². The van der Waals surface area contributed by atoms with Crippen LogP contribution >= 0.6 is 0 Å². The number of aromatic amines is 1. The molecule has 9 heteroatoms. The van der Waals surface area contributed by atoms with Crippen molar-refractivity contribution >= 4 is 26.9 Å². The van der Waals surface area contributed by atoms with Crippen molar-refractivity contribution in [3.8, 4) is 0 Å². The molecule has 7 nitrogen and oxygen atoms in total. The Morgan fingerprint density at radius 2 is 2.04 bits per heavy atom. The van der Waals surface area contributed by atoms with Gasteiger partial charge in [0.1, 0.15) is 24.0 Å². The number of H-pyrrole nitrogens is 1. The standard InChI is InChI=1S/C18H26FN5O2S/c1-23(18-16-6-8-20-17(16)21-12-22-18)15-4-2-13(3-5-15)11-27(25,26)24-9-7-14(19)10-24/h6,8,12-15H,2-5,7,9-11H2,1H3,(H,20,21,22)/t13-,14-,15-/m0/s1. The zero-order chi connectivity index (χ0) is 19.0. The van der Waals surface area contributed by atoms with Gasteiger partial charge in [-0.15, -0.1) is 0 Å². The van der Waals surface area contributed by atoms with Crippen molar-refractivity contribution in [3.05, 3.63) is 18.6 Å². The van der Waals surface area contributed by atoms with Crippen molar-refractivity contribution in [3.63, 3.8) is 0 Å². The van der Waals surface area contributed by atoms with E-state index in [0.29, 0.717) is 19.0 Å². The van der Waals surface area contributed by atoms with Crippen LogP contribution in [0.15, 0.2) is 18.6 Å². The maximum Gasteiger partial charge on any atom is 0.214 e. The average Bonchev–Trinajstić information content (AvgIpc) is 3.30. The molecule has 2 fully saturated rings. The predicted octanol–water partition coefficient (Wildman–Crippen LogP) is 2.33. The normalized spacial score (nSPS) is 27.3. The Labute approximate surface area is 159 Å². The summed E-state index contributed by atoms with van der Waals surface area (Å²) in [5.41, 5.74) is 0.823. The van der Waals surface area contributed by atoms with E-state index in [1.807, 2.05) is 19.3 Å². The van der Waals surface area contributed by atoms with Gasteiger partial charge in [-0.25, -0.2) is 22.8 Å². The van der Waals surface area contributed by atoms with Crippen LogP contribution in [0.4, 0.5) is 10.2 Å². The summed E-state index contributed by atoms with van der Waals surface area (Å²) in [4.78, 5) is 14.0. The molecule has 1 saturated heterocycles. The van der Waals surface area contributed by atoms with Gasteiger partial charge in [0.05, 0.1) is 11.1 Å². The molecule has 2 aromatic rings. The second-order valence-electron chi connectivity index (χ2n) is 7.75. The zero-order valence-corrected chi connectivity index (χ0v) is 16.3. The lowest BCUT2D eigenvalue weighted by Crippen LogP contribution is -2.39. The van der Waals surface area contributed by atoms with Crippen LogP contribution in [-0.2, 0) is 10.0 Å². The molecule has 4 rings (SSSR count). The van der Waals surface area contributed by atoms with Gasteiger partial charge in [-0.1, -0.05) is 0 Å². The third-order valence-corrected chi connectivity index (χ3v) is 7.98. The minimum Gasteiger partial charge on any atom is -0.356 e. The molecule has 1 atom stereocenters. The van der Waals surface area contributed by atoms with Gasteiger partial charge in [0, 0.05) is 32.4 Å². The third-order valence-electron chi connectivity index (χ3n) is 5.96. The summed E-state index contributed by atoms with van der Waals surface area (Å²) in [5, 5.41) is 1.000. The number of nitrogens with zero attached hydrogens (tertiary/aromatic N) is 4. The smallest absolute Gasteiger partial charge is 0.214 e. The molecule has 1 N–H and O–H groups in total. The summed E-state index contributed by atoms with van der Waals surface area (Å²) in [6.07, 6.45) is 6.32. The van der Waals surface area contributed by atoms with Gasteiger partial charge in [-0.2, -0.15) is 4.31 Å². The van der Waals surface area contributed by atoms with Gasteiger partial charge in [0.2, 0.25) is 10.0 Å². The summed E-state index contributed by atoms with van der Waals surface area (Å²) < 4.78 is 39.7. The Bertz CT molecular complexity index is 894. The molecule has 3 heterocycles. The maximum atomic E-state index is 13.3. The minimum absolute atomic E-state index is 0.0286. The van der Waals surface area contributed by atoms with Crippen LogP contribution in [0, 0.1) is 5.92 Å². The molecule has 0 aromatic carbocycles. The SMILES string of the molecule is CN(c1ncnc2[nH]ccc12)[C@H]1CC[C@H](CS(=O)(=O)N2CC[C@H](F)C2)CC1. The molecule has 2 aliphatic rings. The van der Waals surface area contributed by atoms with Gasteiger partial charge in [0.25, 0.3) is 0 Å². The van der Waals surface area contributed by atoms with Gasteiger partial charge in [-0.3, -0.25) is 0 Å². The molecule has 0 unspecified atom stereocenters. The Morgan fingerprint density at radius 3 is 2.74 bits per heavy atom. The molecule has 0 amide bonds. The van der Waals surface area contributed by atoms with E-state index in [2.05, 4.69) is 19.9 Å². The number of halogens is 1. The van der Waals surface area contributed by atoms with Crippen LogP contribution in [0.25, 0.3) is 11.0 Å². The maximum absolute atomic E-state index is 13.3. The number of hydrogen-bond donors (Lipinski definition) is 1. The summed E-state index contributed by atoms with van der Waals surface area (Å²) in [5.74, 6) is 1.20. The van der Waals surface area contributed by atoms with Gasteiger partial charge < -0.3 is 9.88 Å². The summed E-state index contributed by atoms with van der Waals surface area (Å²) in [6, 6.07) is 2.31. The first-order valence-corrected chi connectivity index (χ1v) is 11.2. The highest BCUT2D eigenvalue weighted by Gasteiger charge is 2.34. The van der Waals surface area contributed by atoms with Crippen LogP contribution in [0.2, 0.25) is 0 Å². The average molecular weight is 396 g/mol. The fraction of sp³-hybridized carbons (Fsp3) is 0.667. The zero-order valence-electron chi connectivity index (χ0n) is 15.5. The Morgan fingerprint density at radius 1 is 1.26 bits per heavy atom. The van der Waals surface area contributed by atoms with Gasteiger partial charge in [0.15, 0.2) is 0 Å². The molecule has 2 aromatic heterocycles. The van der Waals surface area contributed by atoms with Crippen LogP contribution in [0.1, 0.15) is 32.1 Å². The van der Waals surface area contributed by atoms with E-state index in [-0.39, 0.29) is 18.2 Å². The first-order chi connectivity index (χ1) is 12.9. The molecule has 0 spiro atoms. The molecule has 148 valence electrons. The third kappa shape index (κ3) is 3.80. The van der Waals surface area contributed by atoms with E-state index >= 15 is 0 Å². The van der Waals surface area contributed by atoms with E-state index in [4.69, 9.17) is 0 Å². The van der Waals surface area contributed by atoms with Gasteiger partial charge >= 0.3 is 0 Å². The molecule has 0 bridgehead atoms. The number of nitrogens with one attached hydrogen (secondary N) is 1. The second-order valence-corrected chi connectivity index (χ2v) is 9.76.